The second-order valence-electron chi connectivity index (χ2n) is 6.47. The monoisotopic (exact) mass is 400 g/mol. The molecule has 0 spiro atoms. The summed E-state index contributed by atoms with van der Waals surface area (Å²) < 4.78 is 27.3. The minimum absolute atomic E-state index is 0.0642. The standard InChI is InChI=1S/C17H18Cl2N2O3S/c1-17(2,3)21-25(23,24)13-6-4-5-12(10-13)20-16(22)11-7-8-14(18)15(19)9-11/h4-10,21H,1-3H3,(H,20,22). The first-order valence-corrected chi connectivity index (χ1v) is 9.62. The second kappa shape index (κ2) is 7.33. The van der Waals surface area contributed by atoms with Crippen LogP contribution in [0, 0.1) is 0 Å². The topological polar surface area (TPSA) is 75.3 Å². The van der Waals surface area contributed by atoms with Crippen molar-refractivity contribution in [2.24, 2.45) is 0 Å². The van der Waals surface area contributed by atoms with E-state index in [0.717, 1.165) is 0 Å². The smallest absolute Gasteiger partial charge is 0.255 e. The zero-order valence-electron chi connectivity index (χ0n) is 13.9. The Balaban J connectivity index is 2.24. The van der Waals surface area contributed by atoms with Crippen LogP contribution in [0.4, 0.5) is 5.69 Å². The molecule has 0 bridgehead atoms. The molecule has 0 saturated carbocycles. The van der Waals surface area contributed by atoms with Crippen LogP contribution in [-0.4, -0.2) is 19.9 Å². The molecule has 0 aromatic heterocycles. The van der Waals surface area contributed by atoms with Crippen LogP contribution in [-0.2, 0) is 10.0 Å². The van der Waals surface area contributed by atoms with Crippen molar-refractivity contribution in [3.63, 3.8) is 0 Å². The Hall–Kier alpha value is -1.60. The van der Waals surface area contributed by atoms with Crippen LogP contribution < -0.4 is 10.0 Å². The third-order valence-electron chi connectivity index (χ3n) is 3.02. The molecule has 0 saturated heterocycles. The van der Waals surface area contributed by atoms with Crippen molar-refractivity contribution >= 4 is 44.8 Å². The van der Waals surface area contributed by atoms with Crippen molar-refractivity contribution in [1.29, 1.82) is 0 Å². The summed E-state index contributed by atoms with van der Waals surface area (Å²) >= 11 is 11.7. The highest BCUT2D eigenvalue weighted by Gasteiger charge is 2.22. The predicted octanol–water partition coefficient (Wildman–Crippen LogP) is 4.32. The van der Waals surface area contributed by atoms with Gasteiger partial charge in [0.05, 0.1) is 14.9 Å². The summed E-state index contributed by atoms with van der Waals surface area (Å²) in [5, 5.41) is 3.26. The summed E-state index contributed by atoms with van der Waals surface area (Å²) in [6.07, 6.45) is 0. The number of hydrogen-bond acceptors (Lipinski definition) is 3. The van der Waals surface area contributed by atoms with Crippen molar-refractivity contribution in [2.45, 2.75) is 31.2 Å². The lowest BCUT2D eigenvalue weighted by molar-refractivity contribution is 0.102. The molecule has 134 valence electrons. The number of amides is 1. The fraction of sp³-hybridized carbons (Fsp3) is 0.235. The summed E-state index contributed by atoms with van der Waals surface area (Å²) in [5.41, 5.74) is 0.0568. The van der Waals surface area contributed by atoms with Crippen LogP contribution >= 0.6 is 23.2 Å². The molecule has 2 N–H and O–H groups in total. The Labute approximate surface area is 157 Å². The highest BCUT2D eigenvalue weighted by molar-refractivity contribution is 7.89. The summed E-state index contributed by atoms with van der Waals surface area (Å²) in [6, 6.07) is 10.5. The quantitative estimate of drug-likeness (QED) is 0.801. The Morgan fingerprint density at radius 3 is 2.28 bits per heavy atom. The number of nitrogens with one attached hydrogen (secondary N) is 2. The fourth-order valence-corrected chi connectivity index (χ4v) is 3.81. The number of carbonyl (C=O) groups is 1. The lowest BCUT2D eigenvalue weighted by Gasteiger charge is -2.20. The first-order valence-electron chi connectivity index (χ1n) is 7.38. The lowest BCUT2D eigenvalue weighted by Crippen LogP contribution is -2.40. The third-order valence-corrected chi connectivity index (χ3v) is 5.52. The molecule has 0 heterocycles. The predicted molar refractivity (Wildman–Crippen MR) is 101 cm³/mol. The molecule has 2 aromatic carbocycles. The molecule has 0 aliphatic rings. The van der Waals surface area contributed by atoms with Crippen LogP contribution in [0.15, 0.2) is 47.4 Å². The number of anilines is 1. The zero-order chi connectivity index (χ0) is 18.8. The SMILES string of the molecule is CC(C)(C)NS(=O)(=O)c1cccc(NC(=O)c2ccc(Cl)c(Cl)c2)c1. The van der Waals surface area contributed by atoms with Crippen LogP contribution in [0.1, 0.15) is 31.1 Å². The van der Waals surface area contributed by atoms with Crippen LogP contribution in [0.5, 0.6) is 0 Å². The highest BCUT2D eigenvalue weighted by Crippen LogP contribution is 2.23. The first-order chi connectivity index (χ1) is 11.5. The van der Waals surface area contributed by atoms with E-state index in [1.165, 1.54) is 30.3 Å². The summed E-state index contributed by atoms with van der Waals surface area (Å²) in [7, 11) is -3.69. The van der Waals surface area contributed by atoms with E-state index in [1.807, 2.05) is 0 Å². The van der Waals surface area contributed by atoms with E-state index >= 15 is 0 Å². The number of benzene rings is 2. The van der Waals surface area contributed by atoms with Crippen molar-refractivity contribution in [2.75, 3.05) is 5.32 Å². The maximum atomic E-state index is 12.4. The van der Waals surface area contributed by atoms with Gasteiger partial charge in [0.15, 0.2) is 0 Å². The van der Waals surface area contributed by atoms with E-state index in [2.05, 4.69) is 10.0 Å². The van der Waals surface area contributed by atoms with Crippen molar-refractivity contribution in [3.05, 3.63) is 58.1 Å². The Bertz CT molecular complexity index is 906. The molecule has 25 heavy (non-hydrogen) atoms. The number of rotatable bonds is 4. The molecule has 2 rings (SSSR count). The van der Waals surface area contributed by atoms with Gasteiger partial charge in [-0.3, -0.25) is 4.79 Å². The van der Waals surface area contributed by atoms with E-state index < -0.39 is 21.5 Å². The minimum atomic E-state index is -3.69. The summed E-state index contributed by atoms with van der Waals surface area (Å²) in [5.74, 6) is -0.420. The van der Waals surface area contributed by atoms with Crippen LogP contribution in [0.2, 0.25) is 10.0 Å². The van der Waals surface area contributed by atoms with Crippen molar-refractivity contribution in [3.8, 4) is 0 Å². The summed E-state index contributed by atoms with van der Waals surface area (Å²) in [4.78, 5) is 12.4. The molecule has 5 nitrogen and oxygen atoms in total. The number of hydrogen-bond donors (Lipinski definition) is 2. The molecule has 0 aliphatic carbocycles. The van der Waals surface area contributed by atoms with E-state index in [1.54, 1.807) is 32.9 Å². The highest BCUT2D eigenvalue weighted by atomic mass is 35.5. The normalized spacial score (nSPS) is 12.0. The van der Waals surface area contributed by atoms with Gasteiger partial charge in [0.25, 0.3) is 5.91 Å². The van der Waals surface area contributed by atoms with Crippen LogP contribution in [0.25, 0.3) is 0 Å². The molecule has 0 aliphatic heterocycles. The molecule has 0 unspecified atom stereocenters. The average molecular weight is 401 g/mol. The molecular formula is C17H18Cl2N2O3S. The van der Waals surface area contributed by atoms with E-state index in [0.29, 0.717) is 16.3 Å². The van der Waals surface area contributed by atoms with Crippen molar-refractivity contribution < 1.29 is 13.2 Å². The molecule has 1 amide bonds. The van der Waals surface area contributed by atoms with Gasteiger partial charge in [0, 0.05) is 16.8 Å². The van der Waals surface area contributed by atoms with Crippen LogP contribution in [0.3, 0.4) is 0 Å². The Kier molecular flexibility index (Phi) is 5.79. The molecule has 2 aromatic rings. The van der Waals surface area contributed by atoms with E-state index in [4.69, 9.17) is 23.2 Å². The van der Waals surface area contributed by atoms with Gasteiger partial charge in [-0.1, -0.05) is 29.3 Å². The number of sulfonamides is 1. The first kappa shape index (κ1) is 19.7. The minimum Gasteiger partial charge on any atom is -0.322 e. The van der Waals surface area contributed by atoms with E-state index in [-0.39, 0.29) is 9.92 Å². The Morgan fingerprint density at radius 1 is 1.00 bits per heavy atom. The Morgan fingerprint density at radius 2 is 1.68 bits per heavy atom. The average Bonchev–Trinajstić information content (AvgIpc) is 2.48. The van der Waals surface area contributed by atoms with Gasteiger partial charge in [-0.25, -0.2) is 13.1 Å². The maximum Gasteiger partial charge on any atom is 0.255 e. The van der Waals surface area contributed by atoms with Gasteiger partial charge in [0.1, 0.15) is 0 Å². The molecule has 0 atom stereocenters. The maximum absolute atomic E-state index is 12.4. The van der Waals surface area contributed by atoms with Gasteiger partial charge in [-0.05, 0) is 57.2 Å². The molecule has 8 heteroatoms. The molecule has 0 fully saturated rings. The van der Waals surface area contributed by atoms with Gasteiger partial charge in [0.2, 0.25) is 10.0 Å². The van der Waals surface area contributed by atoms with Gasteiger partial charge >= 0.3 is 0 Å². The fourth-order valence-electron chi connectivity index (χ4n) is 2.04. The number of carbonyl (C=O) groups excluding carboxylic acids is 1. The molecule has 0 radical (unpaired) electrons. The van der Waals surface area contributed by atoms with Crippen molar-refractivity contribution in [1.82, 2.24) is 4.72 Å². The summed E-state index contributed by atoms with van der Waals surface area (Å²) in [6.45, 7) is 5.25. The van der Waals surface area contributed by atoms with Gasteiger partial charge < -0.3 is 5.32 Å². The largest absolute Gasteiger partial charge is 0.322 e. The number of halogens is 2. The van der Waals surface area contributed by atoms with Gasteiger partial charge in [-0.15, -0.1) is 0 Å². The van der Waals surface area contributed by atoms with Gasteiger partial charge in [-0.2, -0.15) is 0 Å². The lowest BCUT2D eigenvalue weighted by atomic mass is 10.1. The molecular weight excluding hydrogens is 383 g/mol. The third kappa shape index (κ3) is 5.44. The van der Waals surface area contributed by atoms with E-state index in [9.17, 15) is 13.2 Å². The second-order valence-corrected chi connectivity index (χ2v) is 8.96. The zero-order valence-corrected chi connectivity index (χ0v) is 16.3.